The fourth-order valence-corrected chi connectivity index (χ4v) is 1.36. The molecule has 0 radical (unpaired) electrons. The summed E-state index contributed by atoms with van der Waals surface area (Å²) < 4.78 is 4.95. The molecule has 1 N–H and O–H groups in total. The summed E-state index contributed by atoms with van der Waals surface area (Å²) in [7, 11) is 0. The van der Waals surface area contributed by atoms with Gasteiger partial charge in [0.15, 0.2) is 0 Å². The number of esters is 1. The van der Waals surface area contributed by atoms with Crippen LogP contribution in [-0.4, -0.2) is 25.0 Å². The highest BCUT2D eigenvalue weighted by Gasteiger charge is 2.20. The molecule has 0 bridgehead atoms. The molecule has 0 unspecified atom stereocenters. The zero-order chi connectivity index (χ0) is 11.8. The Balaban J connectivity index is 4.16. The van der Waals surface area contributed by atoms with Gasteiger partial charge in [-0.3, -0.25) is 9.59 Å². The lowest BCUT2D eigenvalue weighted by molar-refractivity contribution is -0.148. The van der Waals surface area contributed by atoms with Crippen molar-refractivity contribution in [1.82, 2.24) is 5.32 Å². The lowest BCUT2D eigenvalue weighted by Crippen LogP contribution is -2.33. The van der Waals surface area contributed by atoms with E-state index in [1.807, 2.05) is 13.8 Å². The molecule has 88 valence electrons. The normalized spacial score (nSPS) is 12.3. The van der Waals surface area contributed by atoms with Gasteiger partial charge in [0, 0.05) is 13.5 Å². The highest BCUT2D eigenvalue weighted by molar-refractivity contribution is 5.76. The maximum Gasteiger partial charge on any atom is 0.310 e. The summed E-state index contributed by atoms with van der Waals surface area (Å²) in [6.07, 6.45) is 0.735. The average Bonchev–Trinajstić information content (AvgIpc) is 2.11. The van der Waals surface area contributed by atoms with Crippen LogP contribution in [0.3, 0.4) is 0 Å². The van der Waals surface area contributed by atoms with Crippen molar-refractivity contribution < 1.29 is 14.3 Å². The Kier molecular flexibility index (Phi) is 6.75. The first-order chi connectivity index (χ1) is 6.97. The zero-order valence-electron chi connectivity index (χ0n) is 10.0. The van der Waals surface area contributed by atoms with E-state index >= 15 is 0 Å². The molecule has 1 amide bonds. The van der Waals surface area contributed by atoms with E-state index < -0.39 is 0 Å². The Hall–Kier alpha value is -1.06. The number of carbonyl (C=O) groups is 2. The molecule has 1 atom stereocenters. The zero-order valence-corrected chi connectivity index (χ0v) is 10.0. The molecule has 0 aromatic rings. The summed E-state index contributed by atoms with van der Waals surface area (Å²) in [5, 5.41) is 2.65. The number of nitrogens with one attached hydrogen (secondary N) is 1. The fraction of sp³-hybridized carbons (Fsp3) is 0.818. The summed E-state index contributed by atoms with van der Waals surface area (Å²) in [6.45, 7) is 8.06. The number of amides is 1. The Morgan fingerprint density at radius 1 is 1.33 bits per heavy atom. The van der Waals surface area contributed by atoms with Gasteiger partial charge in [-0.2, -0.15) is 0 Å². The van der Waals surface area contributed by atoms with E-state index in [4.69, 9.17) is 4.74 Å². The van der Waals surface area contributed by atoms with Gasteiger partial charge in [0.1, 0.15) is 0 Å². The predicted octanol–water partition coefficient (Wildman–Crippen LogP) is 1.35. The van der Waals surface area contributed by atoms with Gasteiger partial charge in [-0.05, 0) is 19.3 Å². The summed E-state index contributed by atoms with van der Waals surface area (Å²) in [6, 6.07) is 0. The van der Waals surface area contributed by atoms with Gasteiger partial charge in [0.05, 0.1) is 12.5 Å². The molecule has 0 aromatic carbocycles. The molecule has 4 nitrogen and oxygen atoms in total. The summed E-state index contributed by atoms with van der Waals surface area (Å²) in [5.74, 6) is -0.157. The first kappa shape index (κ1) is 13.9. The molecule has 0 aliphatic rings. The van der Waals surface area contributed by atoms with Crippen molar-refractivity contribution in [3.8, 4) is 0 Å². The van der Waals surface area contributed by atoms with Gasteiger partial charge in [0.25, 0.3) is 0 Å². The molecule has 0 spiro atoms. The first-order valence-corrected chi connectivity index (χ1v) is 5.38. The van der Waals surface area contributed by atoms with E-state index in [1.54, 1.807) is 6.92 Å². The second-order valence-corrected chi connectivity index (χ2v) is 4.02. The van der Waals surface area contributed by atoms with Crippen molar-refractivity contribution in [2.75, 3.05) is 13.2 Å². The minimum Gasteiger partial charge on any atom is -0.466 e. The highest BCUT2D eigenvalue weighted by Crippen LogP contribution is 2.12. The van der Waals surface area contributed by atoms with Crippen molar-refractivity contribution in [2.45, 2.75) is 34.1 Å². The van der Waals surface area contributed by atoms with Gasteiger partial charge >= 0.3 is 5.97 Å². The SMILES string of the molecule is CCOC(=O)[C@H](CNC(C)=O)CC(C)C. The minimum absolute atomic E-state index is 0.118. The second-order valence-electron chi connectivity index (χ2n) is 4.02. The van der Waals surface area contributed by atoms with Crippen molar-refractivity contribution in [2.24, 2.45) is 11.8 Å². The molecule has 0 aliphatic heterocycles. The quantitative estimate of drug-likeness (QED) is 0.680. The van der Waals surface area contributed by atoms with Gasteiger partial charge in [-0.25, -0.2) is 0 Å². The van der Waals surface area contributed by atoms with Crippen LogP contribution in [0.2, 0.25) is 0 Å². The van der Waals surface area contributed by atoms with Crippen molar-refractivity contribution in [3.63, 3.8) is 0 Å². The smallest absolute Gasteiger partial charge is 0.310 e. The second kappa shape index (κ2) is 7.26. The highest BCUT2D eigenvalue weighted by atomic mass is 16.5. The van der Waals surface area contributed by atoms with Gasteiger partial charge < -0.3 is 10.1 Å². The van der Waals surface area contributed by atoms with Crippen LogP contribution in [-0.2, 0) is 14.3 Å². The van der Waals surface area contributed by atoms with E-state index in [-0.39, 0.29) is 17.8 Å². The van der Waals surface area contributed by atoms with E-state index in [2.05, 4.69) is 5.32 Å². The van der Waals surface area contributed by atoms with Gasteiger partial charge in [-0.15, -0.1) is 0 Å². The molecular formula is C11H21NO3. The number of carbonyl (C=O) groups excluding carboxylic acids is 2. The van der Waals surface area contributed by atoms with E-state index in [1.165, 1.54) is 6.92 Å². The standard InChI is InChI=1S/C11H21NO3/c1-5-15-11(14)10(6-8(2)3)7-12-9(4)13/h8,10H,5-7H2,1-4H3,(H,12,13)/t10-/m0/s1. The van der Waals surface area contributed by atoms with Crippen LogP contribution in [0.15, 0.2) is 0 Å². The van der Waals surface area contributed by atoms with Crippen LogP contribution in [0.25, 0.3) is 0 Å². The lowest BCUT2D eigenvalue weighted by atomic mass is 9.97. The minimum atomic E-state index is -0.228. The van der Waals surface area contributed by atoms with Crippen LogP contribution < -0.4 is 5.32 Å². The van der Waals surface area contributed by atoms with Crippen molar-refractivity contribution >= 4 is 11.9 Å². The average molecular weight is 215 g/mol. The molecular weight excluding hydrogens is 194 g/mol. The summed E-state index contributed by atoms with van der Waals surface area (Å²) in [4.78, 5) is 22.3. The number of rotatable bonds is 6. The first-order valence-electron chi connectivity index (χ1n) is 5.38. The molecule has 4 heteroatoms. The molecule has 0 aromatic heterocycles. The lowest BCUT2D eigenvalue weighted by Gasteiger charge is -2.17. The summed E-state index contributed by atoms with van der Waals surface area (Å²) in [5.41, 5.74) is 0. The van der Waals surface area contributed by atoms with Crippen LogP contribution in [0, 0.1) is 11.8 Å². The molecule has 0 rings (SSSR count). The molecule has 0 heterocycles. The molecule has 0 saturated heterocycles. The van der Waals surface area contributed by atoms with Crippen molar-refractivity contribution in [1.29, 1.82) is 0 Å². The maximum absolute atomic E-state index is 11.5. The van der Waals surface area contributed by atoms with E-state index in [0.717, 1.165) is 6.42 Å². The van der Waals surface area contributed by atoms with Crippen LogP contribution in [0.1, 0.15) is 34.1 Å². The maximum atomic E-state index is 11.5. The largest absolute Gasteiger partial charge is 0.466 e. The van der Waals surface area contributed by atoms with Crippen LogP contribution in [0.4, 0.5) is 0 Å². The Bertz CT molecular complexity index is 214. The Morgan fingerprint density at radius 3 is 2.33 bits per heavy atom. The van der Waals surface area contributed by atoms with E-state index in [0.29, 0.717) is 19.1 Å². The van der Waals surface area contributed by atoms with Crippen molar-refractivity contribution in [3.05, 3.63) is 0 Å². The molecule has 0 aliphatic carbocycles. The van der Waals surface area contributed by atoms with Crippen LogP contribution in [0.5, 0.6) is 0 Å². The topological polar surface area (TPSA) is 55.4 Å². The fourth-order valence-electron chi connectivity index (χ4n) is 1.36. The third kappa shape index (κ3) is 6.94. The third-order valence-corrected chi connectivity index (χ3v) is 1.97. The Labute approximate surface area is 91.4 Å². The predicted molar refractivity (Wildman–Crippen MR) is 58.3 cm³/mol. The number of hydrogen-bond acceptors (Lipinski definition) is 3. The third-order valence-electron chi connectivity index (χ3n) is 1.97. The van der Waals surface area contributed by atoms with Gasteiger partial charge in [-0.1, -0.05) is 13.8 Å². The molecule has 0 fully saturated rings. The monoisotopic (exact) mass is 215 g/mol. The Morgan fingerprint density at radius 2 is 1.93 bits per heavy atom. The van der Waals surface area contributed by atoms with Gasteiger partial charge in [0.2, 0.25) is 5.91 Å². The van der Waals surface area contributed by atoms with E-state index in [9.17, 15) is 9.59 Å². The molecule has 0 saturated carbocycles. The summed E-state index contributed by atoms with van der Waals surface area (Å²) >= 11 is 0. The number of hydrogen-bond donors (Lipinski definition) is 1. The number of ether oxygens (including phenoxy) is 1. The van der Waals surface area contributed by atoms with Crippen LogP contribution >= 0.6 is 0 Å². The molecule has 15 heavy (non-hydrogen) atoms.